The van der Waals surface area contributed by atoms with Crippen molar-refractivity contribution in [3.05, 3.63) is 0 Å². The Labute approximate surface area is 152 Å². The molecule has 0 spiro atoms. The molecule has 23 heavy (non-hydrogen) atoms. The standard InChI is InChI=1S/C16H29N3O2.2ClH/c17-16(5-1-2-6-16)15(20)19-9-7-18(8-10-19)13-14-3-11-21-12-4-14;;/h14H,1-13,17H2;2*1H. The molecule has 3 aliphatic rings. The number of amides is 1. The maximum absolute atomic E-state index is 12.6. The van der Waals surface area contributed by atoms with Gasteiger partial charge in [-0.2, -0.15) is 0 Å². The van der Waals surface area contributed by atoms with Crippen LogP contribution in [0, 0.1) is 5.92 Å². The van der Waals surface area contributed by atoms with Crippen LogP contribution in [0.15, 0.2) is 0 Å². The number of hydrogen-bond donors (Lipinski definition) is 1. The first-order valence-corrected chi connectivity index (χ1v) is 8.56. The van der Waals surface area contributed by atoms with E-state index in [0.717, 1.165) is 71.0 Å². The summed E-state index contributed by atoms with van der Waals surface area (Å²) in [6.07, 6.45) is 6.32. The minimum absolute atomic E-state index is 0. The van der Waals surface area contributed by atoms with Crippen LogP contribution in [-0.2, 0) is 9.53 Å². The van der Waals surface area contributed by atoms with E-state index >= 15 is 0 Å². The molecule has 0 radical (unpaired) electrons. The number of ether oxygens (including phenoxy) is 1. The van der Waals surface area contributed by atoms with Crippen LogP contribution in [-0.4, -0.2) is 67.2 Å². The predicted molar refractivity (Wildman–Crippen MR) is 96.4 cm³/mol. The van der Waals surface area contributed by atoms with E-state index in [4.69, 9.17) is 10.5 Å². The summed E-state index contributed by atoms with van der Waals surface area (Å²) in [7, 11) is 0. The maximum Gasteiger partial charge on any atom is 0.242 e. The number of piperazine rings is 1. The molecule has 1 saturated carbocycles. The van der Waals surface area contributed by atoms with Gasteiger partial charge in [-0.3, -0.25) is 9.69 Å². The second-order valence-corrected chi connectivity index (χ2v) is 7.01. The highest BCUT2D eigenvalue weighted by Gasteiger charge is 2.40. The average molecular weight is 368 g/mol. The Hall–Kier alpha value is -0.0700. The van der Waals surface area contributed by atoms with Crippen molar-refractivity contribution in [2.24, 2.45) is 11.7 Å². The molecule has 2 saturated heterocycles. The second-order valence-electron chi connectivity index (χ2n) is 7.01. The first-order chi connectivity index (χ1) is 10.2. The van der Waals surface area contributed by atoms with Gasteiger partial charge in [0.05, 0.1) is 5.54 Å². The van der Waals surface area contributed by atoms with Gasteiger partial charge >= 0.3 is 0 Å². The van der Waals surface area contributed by atoms with E-state index in [1.165, 1.54) is 19.4 Å². The number of nitrogens with zero attached hydrogens (tertiary/aromatic N) is 2. The van der Waals surface area contributed by atoms with Crippen LogP contribution >= 0.6 is 24.8 Å². The summed E-state index contributed by atoms with van der Waals surface area (Å²) in [5.41, 5.74) is 5.75. The zero-order chi connectivity index (χ0) is 14.7. The lowest BCUT2D eigenvalue weighted by atomic mass is 9.96. The molecule has 0 unspecified atom stereocenters. The summed E-state index contributed by atoms with van der Waals surface area (Å²) in [6, 6.07) is 0. The van der Waals surface area contributed by atoms with E-state index in [2.05, 4.69) is 4.90 Å². The van der Waals surface area contributed by atoms with Crippen molar-refractivity contribution in [2.45, 2.75) is 44.1 Å². The monoisotopic (exact) mass is 367 g/mol. The fourth-order valence-electron chi connectivity index (χ4n) is 3.96. The largest absolute Gasteiger partial charge is 0.381 e. The van der Waals surface area contributed by atoms with Crippen molar-refractivity contribution in [1.82, 2.24) is 9.80 Å². The summed E-state index contributed by atoms with van der Waals surface area (Å²) in [5, 5.41) is 0. The fraction of sp³-hybridized carbons (Fsp3) is 0.938. The third-order valence-corrected chi connectivity index (χ3v) is 5.44. The van der Waals surface area contributed by atoms with Crippen molar-refractivity contribution in [2.75, 3.05) is 45.9 Å². The van der Waals surface area contributed by atoms with Crippen molar-refractivity contribution in [1.29, 1.82) is 0 Å². The van der Waals surface area contributed by atoms with E-state index in [1.807, 2.05) is 4.90 Å². The van der Waals surface area contributed by atoms with Gasteiger partial charge in [0, 0.05) is 45.9 Å². The van der Waals surface area contributed by atoms with E-state index in [-0.39, 0.29) is 30.7 Å². The van der Waals surface area contributed by atoms with Crippen LogP contribution in [0.25, 0.3) is 0 Å². The highest BCUT2D eigenvalue weighted by atomic mass is 35.5. The topological polar surface area (TPSA) is 58.8 Å². The number of nitrogens with two attached hydrogens (primary N) is 1. The molecule has 7 heteroatoms. The molecule has 0 atom stereocenters. The number of carbonyl (C=O) groups excluding carboxylic acids is 1. The summed E-state index contributed by atoms with van der Waals surface area (Å²) in [6.45, 7) is 6.69. The van der Waals surface area contributed by atoms with Gasteiger partial charge in [0.25, 0.3) is 0 Å². The van der Waals surface area contributed by atoms with Gasteiger partial charge in [0.2, 0.25) is 5.91 Å². The molecule has 2 N–H and O–H groups in total. The van der Waals surface area contributed by atoms with Crippen LogP contribution < -0.4 is 5.73 Å². The summed E-state index contributed by atoms with van der Waals surface area (Å²) >= 11 is 0. The Bertz CT molecular complexity index is 364. The lowest BCUT2D eigenvalue weighted by molar-refractivity contribution is -0.138. The number of carbonyl (C=O) groups is 1. The molecule has 3 rings (SSSR count). The minimum Gasteiger partial charge on any atom is -0.381 e. The second kappa shape index (κ2) is 9.42. The van der Waals surface area contributed by atoms with E-state index in [9.17, 15) is 4.79 Å². The first kappa shape index (κ1) is 21.0. The zero-order valence-corrected chi connectivity index (χ0v) is 15.5. The summed E-state index contributed by atoms with van der Waals surface area (Å²) < 4.78 is 5.42. The molecule has 1 amide bonds. The average Bonchev–Trinajstić information content (AvgIpc) is 2.96. The Morgan fingerprint density at radius 2 is 1.61 bits per heavy atom. The van der Waals surface area contributed by atoms with Gasteiger partial charge in [-0.1, -0.05) is 12.8 Å². The lowest BCUT2D eigenvalue weighted by Gasteiger charge is -2.39. The van der Waals surface area contributed by atoms with Crippen LogP contribution in [0.4, 0.5) is 0 Å². The fourth-order valence-corrected chi connectivity index (χ4v) is 3.96. The molecule has 0 aromatic heterocycles. The molecular formula is C16H31Cl2N3O2. The Kier molecular flexibility index (Phi) is 8.59. The smallest absolute Gasteiger partial charge is 0.242 e. The molecule has 2 aliphatic heterocycles. The molecule has 5 nitrogen and oxygen atoms in total. The van der Waals surface area contributed by atoms with Crippen molar-refractivity contribution in [3.63, 3.8) is 0 Å². The highest BCUT2D eigenvalue weighted by molar-refractivity contribution is 5.86. The summed E-state index contributed by atoms with van der Waals surface area (Å²) in [5.74, 6) is 0.974. The normalized spacial score (nSPS) is 25.5. The molecule has 3 fully saturated rings. The maximum atomic E-state index is 12.6. The van der Waals surface area contributed by atoms with Crippen LogP contribution in [0.2, 0.25) is 0 Å². The van der Waals surface area contributed by atoms with Gasteiger partial charge in [-0.15, -0.1) is 24.8 Å². The third-order valence-electron chi connectivity index (χ3n) is 5.44. The van der Waals surface area contributed by atoms with Crippen molar-refractivity contribution < 1.29 is 9.53 Å². The van der Waals surface area contributed by atoms with Crippen LogP contribution in [0.3, 0.4) is 0 Å². The van der Waals surface area contributed by atoms with Gasteiger partial charge in [-0.25, -0.2) is 0 Å². The van der Waals surface area contributed by atoms with Gasteiger partial charge in [-0.05, 0) is 31.6 Å². The third kappa shape index (κ3) is 5.20. The van der Waals surface area contributed by atoms with E-state index in [0.29, 0.717) is 0 Å². The van der Waals surface area contributed by atoms with Crippen molar-refractivity contribution >= 4 is 30.7 Å². The Morgan fingerprint density at radius 3 is 2.17 bits per heavy atom. The highest BCUT2D eigenvalue weighted by Crippen LogP contribution is 2.29. The van der Waals surface area contributed by atoms with Gasteiger partial charge in [0.15, 0.2) is 0 Å². The molecular weight excluding hydrogens is 337 g/mol. The number of rotatable bonds is 3. The minimum atomic E-state index is -0.553. The zero-order valence-electron chi connectivity index (χ0n) is 13.9. The number of halogens is 2. The van der Waals surface area contributed by atoms with E-state index < -0.39 is 5.54 Å². The molecule has 0 bridgehead atoms. The first-order valence-electron chi connectivity index (χ1n) is 8.56. The molecule has 0 aromatic carbocycles. The van der Waals surface area contributed by atoms with Crippen molar-refractivity contribution in [3.8, 4) is 0 Å². The lowest BCUT2D eigenvalue weighted by Crippen LogP contribution is -2.58. The van der Waals surface area contributed by atoms with Crippen LogP contribution in [0.1, 0.15) is 38.5 Å². The SMILES string of the molecule is Cl.Cl.NC1(C(=O)N2CCN(CC3CCOCC3)CC2)CCCC1. The van der Waals surface area contributed by atoms with Crippen LogP contribution in [0.5, 0.6) is 0 Å². The quantitative estimate of drug-likeness (QED) is 0.824. The predicted octanol–water partition coefficient (Wildman–Crippen LogP) is 1.67. The Balaban J connectivity index is 0.00000132. The van der Waals surface area contributed by atoms with Gasteiger partial charge < -0.3 is 15.4 Å². The molecule has 0 aromatic rings. The number of hydrogen-bond acceptors (Lipinski definition) is 4. The summed E-state index contributed by atoms with van der Waals surface area (Å²) in [4.78, 5) is 17.1. The molecule has 2 heterocycles. The Morgan fingerprint density at radius 1 is 1.04 bits per heavy atom. The van der Waals surface area contributed by atoms with Gasteiger partial charge in [0.1, 0.15) is 0 Å². The van der Waals surface area contributed by atoms with E-state index in [1.54, 1.807) is 0 Å². The molecule has 1 aliphatic carbocycles. The molecule has 136 valence electrons.